The summed E-state index contributed by atoms with van der Waals surface area (Å²) in [6, 6.07) is 29.9. The summed E-state index contributed by atoms with van der Waals surface area (Å²) in [6.07, 6.45) is 6.65. The summed E-state index contributed by atoms with van der Waals surface area (Å²) in [5.74, 6) is 0. The average Bonchev–Trinajstić information content (AvgIpc) is 4.15. The molecule has 338 valence electrons. The molecular formula is C48H52O6P2S8. The third kappa shape index (κ3) is 11.3. The van der Waals surface area contributed by atoms with Crippen LogP contribution >= 0.6 is 106 Å². The second-order valence-electron chi connectivity index (χ2n) is 15.0. The summed E-state index contributed by atoms with van der Waals surface area (Å²) in [5.41, 5.74) is 0. The molecule has 0 radical (unpaired) electrons. The van der Waals surface area contributed by atoms with E-state index in [9.17, 15) is 0 Å². The molecule has 0 atom stereocenters. The molecule has 0 N–H and O–H groups in total. The monoisotopic (exact) mass is 1040 g/mol. The van der Waals surface area contributed by atoms with Crippen molar-refractivity contribution in [3.63, 3.8) is 0 Å². The van der Waals surface area contributed by atoms with E-state index in [-0.39, 0.29) is 0 Å². The molecule has 0 bridgehead atoms. The quantitative estimate of drug-likeness (QED) is 0.0420. The number of rotatable bonds is 25. The van der Waals surface area contributed by atoms with Gasteiger partial charge in [0, 0.05) is 58.5 Å². The molecule has 0 aliphatic rings. The number of unbranched alkanes of at least 4 members (excludes halogenated alkanes) is 4. The van der Waals surface area contributed by atoms with Crippen molar-refractivity contribution >= 4 is 116 Å². The molecule has 8 heterocycles. The Bertz CT molecular complexity index is 2750. The lowest BCUT2D eigenvalue weighted by Crippen LogP contribution is -2.13. The third-order valence-corrected chi connectivity index (χ3v) is 24.1. The highest BCUT2D eigenvalue weighted by Gasteiger charge is 2.38. The fourth-order valence-electron chi connectivity index (χ4n) is 6.66. The fourth-order valence-corrected chi connectivity index (χ4v) is 19.7. The first-order valence-corrected chi connectivity index (χ1v) is 31.6. The van der Waals surface area contributed by atoms with Crippen LogP contribution < -0.4 is 10.6 Å². The minimum Gasteiger partial charge on any atom is -0.305 e. The zero-order valence-electron chi connectivity index (χ0n) is 36.3. The van der Waals surface area contributed by atoms with E-state index in [1.807, 2.05) is 12.1 Å². The molecule has 0 amide bonds. The molecule has 0 saturated heterocycles. The minimum absolute atomic E-state index is 0.320. The van der Waals surface area contributed by atoms with Gasteiger partial charge in [-0.05, 0) is 109 Å². The normalized spacial score (nSPS) is 12.2. The summed E-state index contributed by atoms with van der Waals surface area (Å²) < 4.78 is 56.2. The standard InChI is InChI=1S/C48H52O6P2S8/c1-5-9-25-51-55(49,52-26-10-6-2)33-31-45(43-22-21-40(61-43)39-19-17-37(59-39)35-15-13-29-57-35)63-48(33)46-32-34(56(50,53-27-11-7-3)54-28-12-8-4)47(64-46)44-24-23-42(62-44)41-20-18-38(60-41)36-16-14-30-58-36/h13-24,29-32H,5-12,25-28H2,1-4H3. The van der Waals surface area contributed by atoms with Crippen molar-refractivity contribution in [1.29, 1.82) is 0 Å². The molecular weight excluding hydrogens is 991 g/mol. The predicted molar refractivity (Wildman–Crippen MR) is 285 cm³/mol. The molecule has 6 nitrogen and oxygen atoms in total. The minimum atomic E-state index is -3.83. The highest BCUT2D eigenvalue weighted by atomic mass is 32.1. The zero-order valence-corrected chi connectivity index (χ0v) is 44.7. The van der Waals surface area contributed by atoms with Crippen LogP contribution in [0.2, 0.25) is 0 Å². The maximum absolute atomic E-state index is 15.4. The van der Waals surface area contributed by atoms with Gasteiger partial charge in [-0.25, -0.2) is 0 Å². The molecule has 0 saturated carbocycles. The van der Waals surface area contributed by atoms with Crippen LogP contribution in [0, 0.1) is 0 Å². The van der Waals surface area contributed by atoms with Crippen molar-refractivity contribution in [3.8, 4) is 68.3 Å². The first-order chi connectivity index (χ1) is 31.3. The van der Waals surface area contributed by atoms with Gasteiger partial charge >= 0.3 is 15.2 Å². The second-order valence-corrected chi connectivity index (χ2v) is 27.3. The Kier molecular flexibility index (Phi) is 17.2. The van der Waals surface area contributed by atoms with Gasteiger partial charge in [-0.2, -0.15) is 0 Å². The third-order valence-electron chi connectivity index (χ3n) is 10.2. The summed E-state index contributed by atoms with van der Waals surface area (Å²) in [6.45, 7) is 9.67. The van der Waals surface area contributed by atoms with Gasteiger partial charge in [0.25, 0.3) is 0 Å². The van der Waals surface area contributed by atoms with Gasteiger partial charge in [-0.3, -0.25) is 9.13 Å². The first kappa shape index (κ1) is 48.4. The Labute approximate surface area is 409 Å². The van der Waals surface area contributed by atoms with Gasteiger partial charge in [-0.15, -0.1) is 90.7 Å². The molecule has 8 aromatic heterocycles. The van der Waals surface area contributed by atoms with Gasteiger partial charge < -0.3 is 18.1 Å². The van der Waals surface area contributed by atoms with Gasteiger partial charge in [0.15, 0.2) is 0 Å². The van der Waals surface area contributed by atoms with Crippen molar-refractivity contribution in [3.05, 3.63) is 95.7 Å². The Morgan fingerprint density at radius 2 is 0.688 bits per heavy atom. The van der Waals surface area contributed by atoms with E-state index < -0.39 is 15.2 Å². The van der Waals surface area contributed by atoms with Crippen LogP contribution in [0.3, 0.4) is 0 Å². The van der Waals surface area contributed by atoms with Crippen molar-refractivity contribution in [2.45, 2.75) is 79.1 Å². The van der Waals surface area contributed by atoms with Gasteiger partial charge in [0.1, 0.15) is 0 Å². The maximum atomic E-state index is 15.4. The SMILES string of the molecule is CCCCOP(=O)(OCCCC)c1cc(-c2ccc(-c3ccc(-c4cccs4)s3)s2)sc1-c1cc(P(=O)(OCCCC)OCCCC)c(-c2ccc(-c3ccc(-c4cccs4)s3)s2)s1. The van der Waals surface area contributed by atoms with Crippen LogP contribution in [0.15, 0.2) is 95.7 Å². The smallest absolute Gasteiger partial charge is 0.305 e. The molecule has 0 fully saturated rings. The predicted octanol–water partition coefficient (Wildman–Crippen LogP) is 18.8. The zero-order chi connectivity index (χ0) is 44.5. The molecule has 8 aromatic rings. The summed E-state index contributed by atoms with van der Waals surface area (Å²) in [4.78, 5) is 15.2. The van der Waals surface area contributed by atoms with E-state index >= 15 is 9.13 Å². The average molecular weight is 1040 g/mol. The molecule has 0 aliphatic heterocycles. The van der Waals surface area contributed by atoms with Gasteiger partial charge in [-0.1, -0.05) is 65.5 Å². The number of hydrogen-bond donors (Lipinski definition) is 0. The first-order valence-electron chi connectivity index (χ1n) is 21.8. The van der Waals surface area contributed by atoms with Gasteiger partial charge in [0.05, 0.1) is 46.8 Å². The van der Waals surface area contributed by atoms with E-state index in [2.05, 4.69) is 111 Å². The number of hydrogen-bond acceptors (Lipinski definition) is 14. The van der Waals surface area contributed by atoms with E-state index in [4.69, 9.17) is 18.1 Å². The molecule has 8 rings (SSSR count). The van der Waals surface area contributed by atoms with Crippen LogP contribution in [0.25, 0.3) is 68.3 Å². The Morgan fingerprint density at radius 3 is 1.06 bits per heavy atom. The van der Waals surface area contributed by atoms with Crippen molar-refractivity contribution in [1.82, 2.24) is 0 Å². The van der Waals surface area contributed by atoms with E-state index in [0.717, 1.165) is 85.5 Å². The van der Waals surface area contributed by atoms with Crippen molar-refractivity contribution < 1.29 is 27.2 Å². The van der Waals surface area contributed by atoms with Crippen LogP contribution in [-0.4, -0.2) is 26.4 Å². The summed E-state index contributed by atoms with van der Waals surface area (Å²) in [7, 11) is -7.65. The van der Waals surface area contributed by atoms with E-state index in [1.54, 1.807) is 90.7 Å². The lowest BCUT2D eigenvalue weighted by molar-refractivity contribution is 0.208. The molecule has 16 heteroatoms. The van der Waals surface area contributed by atoms with Crippen LogP contribution in [-0.2, 0) is 27.2 Å². The second kappa shape index (κ2) is 22.8. The molecule has 0 aliphatic carbocycles. The molecule has 0 unspecified atom stereocenters. The highest BCUT2D eigenvalue weighted by molar-refractivity contribution is 7.64. The topological polar surface area (TPSA) is 71.1 Å². The Hall–Kier alpha value is -2.10. The molecule has 0 spiro atoms. The largest absolute Gasteiger partial charge is 0.362 e. The molecule has 64 heavy (non-hydrogen) atoms. The Morgan fingerprint density at radius 1 is 0.375 bits per heavy atom. The van der Waals surface area contributed by atoms with Crippen LogP contribution in [0.1, 0.15) is 79.1 Å². The number of thiophene rings is 8. The van der Waals surface area contributed by atoms with E-state index in [0.29, 0.717) is 37.0 Å². The summed E-state index contributed by atoms with van der Waals surface area (Å²) in [5, 5.41) is 5.32. The lowest BCUT2D eigenvalue weighted by Gasteiger charge is -2.19. The van der Waals surface area contributed by atoms with Crippen LogP contribution in [0.4, 0.5) is 0 Å². The fraction of sp³-hybridized carbons (Fsp3) is 0.333. The maximum Gasteiger partial charge on any atom is 0.362 e. The Balaban J connectivity index is 1.26. The van der Waals surface area contributed by atoms with E-state index in [1.165, 1.54) is 34.1 Å². The van der Waals surface area contributed by atoms with Crippen LogP contribution in [0.5, 0.6) is 0 Å². The van der Waals surface area contributed by atoms with Crippen molar-refractivity contribution in [2.24, 2.45) is 0 Å². The summed E-state index contributed by atoms with van der Waals surface area (Å²) >= 11 is 13.6. The van der Waals surface area contributed by atoms with Gasteiger partial charge in [0.2, 0.25) is 0 Å². The lowest BCUT2D eigenvalue weighted by atomic mass is 10.3. The van der Waals surface area contributed by atoms with Crippen molar-refractivity contribution in [2.75, 3.05) is 26.4 Å². The molecule has 0 aromatic carbocycles. The highest BCUT2D eigenvalue weighted by Crippen LogP contribution is 2.58.